The molecule has 1 aromatic rings. The van der Waals surface area contributed by atoms with Gasteiger partial charge < -0.3 is 21.0 Å². The normalized spacial score (nSPS) is 16.9. The number of carboxylic acids is 1. The number of carboxylic acid groups (broad SMARTS) is 1. The molecule has 0 saturated heterocycles. The van der Waals surface area contributed by atoms with Gasteiger partial charge in [-0.3, -0.25) is 0 Å². The number of hydrogen-bond acceptors (Lipinski definition) is 3. The van der Waals surface area contributed by atoms with Gasteiger partial charge in [-0.1, -0.05) is 37.5 Å². The van der Waals surface area contributed by atoms with Crippen LogP contribution in [0.1, 0.15) is 39.0 Å². The Hall–Kier alpha value is -1.55. The summed E-state index contributed by atoms with van der Waals surface area (Å²) in [6.07, 6.45) is 6.61. The maximum atomic E-state index is 8.89. The van der Waals surface area contributed by atoms with Gasteiger partial charge in [-0.25, -0.2) is 0 Å². The molecular weight excluding hydrogens is 240 g/mol. The van der Waals surface area contributed by atoms with Gasteiger partial charge in [-0.15, -0.1) is 0 Å². The molecule has 1 saturated carbocycles. The smallest absolute Gasteiger partial charge is 0.0973 e. The number of quaternary nitrogens is 1. The van der Waals surface area contributed by atoms with E-state index in [1.54, 1.807) is 0 Å². The summed E-state index contributed by atoms with van der Waals surface area (Å²) >= 11 is 0. The van der Waals surface area contributed by atoms with Crippen molar-refractivity contribution < 1.29 is 15.6 Å². The van der Waals surface area contributed by atoms with Crippen LogP contribution in [0.2, 0.25) is 0 Å². The van der Waals surface area contributed by atoms with Crippen LogP contribution in [-0.2, 0) is 4.79 Å². The lowest BCUT2D eigenvalue weighted by molar-refractivity contribution is -0.381. The van der Waals surface area contributed by atoms with Crippen LogP contribution in [0.15, 0.2) is 30.3 Å². The van der Waals surface area contributed by atoms with Crippen LogP contribution >= 0.6 is 0 Å². The van der Waals surface area contributed by atoms with Crippen molar-refractivity contribution in [3.63, 3.8) is 0 Å². The van der Waals surface area contributed by atoms with Crippen molar-refractivity contribution in [3.05, 3.63) is 30.3 Å². The zero-order valence-corrected chi connectivity index (χ0v) is 11.7. The molecule has 0 bridgehead atoms. The minimum atomic E-state index is -1.08. The van der Waals surface area contributed by atoms with E-state index >= 15 is 0 Å². The third kappa shape index (κ3) is 5.75. The Morgan fingerprint density at radius 1 is 1.26 bits per heavy atom. The lowest BCUT2D eigenvalue weighted by Gasteiger charge is -2.36. The molecule has 19 heavy (non-hydrogen) atoms. The number of benzene rings is 1. The lowest BCUT2D eigenvalue weighted by Crippen LogP contribution is -2.64. The third-order valence-corrected chi connectivity index (χ3v) is 3.47. The van der Waals surface area contributed by atoms with Gasteiger partial charge in [0.1, 0.15) is 0 Å². The summed E-state index contributed by atoms with van der Waals surface area (Å²) in [6.45, 7) is 1.96. The van der Waals surface area contributed by atoms with Gasteiger partial charge in [-0.2, -0.15) is 0 Å². The predicted molar refractivity (Wildman–Crippen MR) is 74.3 cm³/mol. The van der Waals surface area contributed by atoms with E-state index in [-0.39, 0.29) is 5.54 Å². The quantitative estimate of drug-likeness (QED) is 0.847. The number of nitrogens with one attached hydrogen (secondary N) is 1. The minimum Gasteiger partial charge on any atom is -0.550 e. The van der Waals surface area contributed by atoms with E-state index in [1.165, 1.54) is 37.8 Å². The van der Waals surface area contributed by atoms with Crippen molar-refractivity contribution in [3.8, 4) is 0 Å². The van der Waals surface area contributed by atoms with E-state index in [9.17, 15) is 0 Å². The molecule has 0 aromatic heterocycles. The van der Waals surface area contributed by atoms with E-state index < -0.39 is 5.97 Å². The molecule has 2 rings (SSSR count). The Bertz CT molecular complexity index is 369. The fraction of sp³-hybridized carbons (Fsp3) is 0.533. The Balaban J connectivity index is 0.000000399. The summed E-state index contributed by atoms with van der Waals surface area (Å²) in [7, 11) is 0. The van der Waals surface area contributed by atoms with Crippen molar-refractivity contribution in [2.75, 3.05) is 11.9 Å². The van der Waals surface area contributed by atoms with Crippen molar-refractivity contribution in [1.29, 1.82) is 0 Å². The number of carbonyl (C=O) groups is 1. The number of hydrogen-bond donors (Lipinski definition) is 2. The largest absolute Gasteiger partial charge is 0.550 e. The molecule has 1 fully saturated rings. The molecule has 0 spiro atoms. The first-order chi connectivity index (χ1) is 9.08. The number of carbonyl (C=O) groups excluding carboxylic acids is 1. The van der Waals surface area contributed by atoms with Crippen molar-refractivity contribution in [2.45, 2.75) is 44.6 Å². The van der Waals surface area contributed by atoms with Crippen molar-refractivity contribution >= 4 is 11.7 Å². The number of aliphatic carboxylic acids is 1. The average Bonchev–Trinajstić information content (AvgIpc) is 2.40. The molecule has 4 nitrogen and oxygen atoms in total. The van der Waals surface area contributed by atoms with Gasteiger partial charge in [0.25, 0.3) is 0 Å². The van der Waals surface area contributed by atoms with Gasteiger partial charge in [0.05, 0.1) is 12.1 Å². The summed E-state index contributed by atoms with van der Waals surface area (Å²) in [5.41, 5.74) is 5.62. The highest BCUT2D eigenvalue weighted by atomic mass is 16.4. The zero-order valence-electron chi connectivity index (χ0n) is 11.7. The highest BCUT2D eigenvalue weighted by molar-refractivity contribution is 5.60. The second-order valence-electron chi connectivity index (χ2n) is 5.07. The molecular formula is C15H24N2O2. The first kappa shape index (κ1) is 15.5. The molecule has 1 aliphatic carbocycles. The van der Waals surface area contributed by atoms with E-state index in [4.69, 9.17) is 9.90 Å². The van der Waals surface area contributed by atoms with Crippen LogP contribution in [0, 0.1) is 0 Å². The Kier molecular flexibility index (Phi) is 6.36. The molecule has 0 amide bonds. The molecule has 0 atom stereocenters. The summed E-state index contributed by atoms with van der Waals surface area (Å²) < 4.78 is 0. The number of para-hydroxylation sites is 1. The Morgan fingerprint density at radius 2 is 1.79 bits per heavy atom. The Labute approximate surface area is 115 Å². The SMILES string of the molecule is CC(=O)[O-].[NH3+]CC1(Nc2ccccc2)CCCCC1. The second-order valence-corrected chi connectivity index (χ2v) is 5.07. The minimum absolute atomic E-state index is 0.263. The monoisotopic (exact) mass is 264 g/mol. The zero-order chi connectivity index (χ0) is 14.1. The van der Waals surface area contributed by atoms with Crippen LogP contribution in [0.25, 0.3) is 0 Å². The topological polar surface area (TPSA) is 79.8 Å². The molecule has 0 heterocycles. The molecule has 4 N–H and O–H groups in total. The molecule has 106 valence electrons. The van der Waals surface area contributed by atoms with Crippen LogP contribution in [0.3, 0.4) is 0 Å². The van der Waals surface area contributed by atoms with E-state index in [0.29, 0.717) is 0 Å². The van der Waals surface area contributed by atoms with Gasteiger partial charge in [0, 0.05) is 11.7 Å². The van der Waals surface area contributed by atoms with Gasteiger partial charge in [0.2, 0.25) is 0 Å². The highest BCUT2D eigenvalue weighted by Crippen LogP contribution is 2.30. The first-order valence-corrected chi connectivity index (χ1v) is 6.88. The van der Waals surface area contributed by atoms with E-state index in [1.807, 2.05) is 0 Å². The molecule has 0 radical (unpaired) electrons. The number of anilines is 1. The first-order valence-electron chi connectivity index (χ1n) is 6.88. The van der Waals surface area contributed by atoms with Crippen LogP contribution < -0.4 is 16.2 Å². The van der Waals surface area contributed by atoms with Crippen molar-refractivity contribution in [1.82, 2.24) is 0 Å². The highest BCUT2D eigenvalue weighted by Gasteiger charge is 2.32. The molecule has 1 aromatic carbocycles. The van der Waals surface area contributed by atoms with Crippen LogP contribution in [0.5, 0.6) is 0 Å². The fourth-order valence-corrected chi connectivity index (χ4v) is 2.49. The van der Waals surface area contributed by atoms with Crippen molar-refractivity contribution in [2.24, 2.45) is 0 Å². The average molecular weight is 264 g/mol. The van der Waals surface area contributed by atoms with E-state index in [2.05, 4.69) is 41.4 Å². The summed E-state index contributed by atoms with van der Waals surface area (Å²) in [6, 6.07) is 10.5. The second kappa shape index (κ2) is 7.79. The predicted octanol–water partition coefficient (Wildman–Crippen LogP) is 0.800. The number of rotatable bonds is 3. The van der Waals surface area contributed by atoms with Gasteiger partial charge in [-0.05, 0) is 31.9 Å². The third-order valence-electron chi connectivity index (χ3n) is 3.47. The lowest BCUT2D eigenvalue weighted by atomic mass is 9.81. The molecule has 4 heteroatoms. The van der Waals surface area contributed by atoms with E-state index in [0.717, 1.165) is 13.5 Å². The maximum absolute atomic E-state index is 8.89. The maximum Gasteiger partial charge on any atom is 0.0973 e. The molecule has 0 aliphatic heterocycles. The summed E-state index contributed by atoms with van der Waals surface area (Å²) in [4.78, 5) is 8.89. The van der Waals surface area contributed by atoms with Gasteiger partial charge >= 0.3 is 0 Å². The summed E-state index contributed by atoms with van der Waals surface area (Å²) in [5.74, 6) is -1.08. The molecule has 0 unspecified atom stereocenters. The standard InChI is InChI=1S/C13H20N2.C2H4O2/c14-11-13(9-5-2-6-10-13)15-12-7-3-1-4-8-12;1-2(3)4/h1,3-4,7-8,15H,2,5-6,9-11,14H2;1H3,(H,3,4). The van der Waals surface area contributed by atoms with Crippen LogP contribution in [-0.4, -0.2) is 18.1 Å². The summed E-state index contributed by atoms with van der Waals surface area (Å²) in [5, 5.41) is 12.6. The van der Waals surface area contributed by atoms with Gasteiger partial charge in [0.15, 0.2) is 0 Å². The molecule has 1 aliphatic rings. The Morgan fingerprint density at radius 3 is 2.26 bits per heavy atom. The van der Waals surface area contributed by atoms with Crippen LogP contribution in [0.4, 0.5) is 5.69 Å². The fourth-order valence-electron chi connectivity index (χ4n) is 2.49.